The maximum Gasteiger partial charge on any atom is 0.251 e. The lowest BCUT2D eigenvalue weighted by atomic mass is 10.00. The lowest BCUT2D eigenvalue weighted by molar-refractivity contribution is 0.0962. The SMILES string of the molecule is CNC(=O)c1cccc(C2CNCCN2Cc2ccnn2C(C)C)c1. The Balaban J connectivity index is 1.84. The van der Waals surface area contributed by atoms with Gasteiger partial charge in [0, 0.05) is 57.1 Å². The van der Waals surface area contributed by atoms with Crippen molar-refractivity contribution < 1.29 is 4.79 Å². The number of hydrogen-bond donors (Lipinski definition) is 2. The Morgan fingerprint density at radius 2 is 2.24 bits per heavy atom. The van der Waals surface area contributed by atoms with Crippen LogP contribution in [0.3, 0.4) is 0 Å². The van der Waals surface area contributed by atoms with Gasteiger partial charge < -0.3 is 10.6 Å². The number of piperazine rings is 1. The molecule has 0 bridgehead atoms. The monoisotopic (exact) mass is 341 g/mol. The fourth-order valence-corrected chi connectivity index (χ4v) is 3.44. The smallest absolute Gasteiger partial charge is 0.251 e. The van der Waals surface area contributed by atoms with Gasteiger partial charge in [0.2, 0.25) is 0 Å². The van der Waals surface area contributed by atoms with Crippen LogP contribution in [0, 0.1) is 0 Å². The number of benzene rings is 1. The molecule has 0 radical (unpaired) electrons. The fraction of sp³-hybridized carbons (Fsp3) is 0.474. The third-order valence-corrected chi connectivity index (χ3v) is 4.72. The highest BCUT2D eigenvalue weighted by atomic mass is 16.1. The third-order valence-electron chi connectivity index (χ3n) is 4.72. The van der Waals surface area contributed by atoms with Crippen LogP contribution in [0.25, 0.3) is 0 Å². The molecule has 2 N–H and O–H groups in total. The van der Waals surface area contributed by atoms with Gasteiger partial charge in [0.15, 0.2) is 0 Å². The molecule has 2 aromatic rings. The molecule has 1 amide bonds. The molecular weight excluding hydrogens is 314 g/mol. The zero-order chi connectivity index (χ0) is 17.8. The minimum Gasteiger partial charge on any atom is -0.355 e. The molecule has 1 aliphatic heterocycles. The number of aromatic nitrogens is 2. The molecular formula is C19H27N5O. The van der Waals surface area contributed by atoms with Crippen molar-refractivity contribution in [3.63, 3.8) is 0 Å². The minimum absolute atomic E-state index is 0.0462. The van der Waals surface area contributed by atoms with Crippen LogP contribution in [0.2, 0.25) is 0 Å². The number of carbonyl (C=O) groups excluding carboxylic acids is 1. The molecule has 1 saturated heterocycles. The Bertz CT molecular complexity index is 724. The van der Waals surface area contributed by atoms with Crippen molar-refractivity contribution in [3.05, 3.63) is 53.3 Å². The van der Waals surface area contributed by atoms with Crippen molar-refractivity contribution in [2.45, 2.75) is 32.5 Å². The Labute approximate surface area is 149 Å². The third kappa shape index (κ3) is 3.91. The van der Waals surface area contributed by atoms with E-state index >= 15 is 0 Å². The van der Waals surface area contributed by atoms with Crippen LogP contribution in [-0.2, 0) is 6.54 Å². The van der Waals surface area contributed by atoms with Crippen molar-refractivity contribution in [2.24, 2.45) is 0 Å². The second-order valence-corrected chi connectivity index (χ2v) is 6.76. The van der Waals surface area contributed by atoms with Gasteiger partial charge in [0.1, 0.15) is 0 Å². The first-order valence-electron chi connectivity index (χ1n) is 8.89. The van der Waals surface area contributed by atoms with Gasteiger partial charge in [-0.1, -0.05) is 12.1 Å². The van der Waals surface area contributed by atoms with E-state index in [0.29, 0.717) is 11.6 Å². The molecule has 134 valence electrons. The molecule has 1 atom stereocenters. The first kappa shape index (κ1) is 17.6. The maximum atomic E-state index is 12.0. The first-order chi connectivity index (χ1) is 12.1. The molecule has 1 aromatic heterocycles. The van der Waals surface area contributed by atoms with Crippen molar-refractivity contribution >= 4 is 5.91 Å². The van der Waals surface area contributed by atoms with Crippen LogP contribution in [0.1, 0.15) is 47.5 Å². The maximum absolute atomic E-state index is 12.0. The van der Waals surface area contributed by atoms with Crippen molar-refractivity contribution in [1.29, 1.82) is 0 Å². The molecule has 0 saturated carbocycles. The summed E-state index contributed by atoms with van der Waals surface area (Å²) in [5.41, 5.74) is 3.10. The molecule has 1 aromatic carbocycles. The summed E-state index contributed by atoms with van der Waals surface area (Å²) in [6.45, 7) is 7.98. The summed E-state index contributed by atoms with van der Waals surface area (Å²) < 4.78 is 2.08. The van der Waals surface area contributed by atoms with E-state index in [2.05, 4.69) is 51.3 Å². The molecule has 2 heterocycles. The van der Waals surface area contributed by atoms with Gasteiger partial charge >= 0.3 is 0 Å². The van der Waals surface area contributed by atoms with Crippen molar-refractivity contribution in [2.75, 3.05) is 26.7 Å². The lowest BCUT2D eigenvalue weighted by Gasteiger charge is -2.36. The van der Waals surface area contributed by atoms with E-state index in [1.54, 1.807) is 7.05 Å². The van der Waals surface area contributed by atoms with Crippen molar-refractivity contribution in [1.82, 2.24) is 25.3 Å². The summed E-state index contributed by atoms with van der Waals surface area (Å²) >= 11 is 0. The van der Waals surface area contributed by atoms with Crippen LogP contribution < -0.4 is 10.6 Å². The van der Waals surface area contributed by atoms with Gasteiger partial charge in [0.05, 0.1) is 5.69 Å². The predicted molar refractivity (Wildman–Crippen MR) is 98.5 cm³/mol. The van der Waals surface area contributed by atoms with Crippen LogP contribution in [0.5, 0.6) is 0 Å². The second-order valence-electron chi connectivity index (χ2n) is 6.76. The summed E-state index contributed by atoms with van der Waals surface area (Å²) in [7, 11) is 1.66. The van der Waals surface area contributed by atoms with Gasteiger partial charge in [-0.15, -0.1) is 0 Å². The second kappa shape index (κ2) is 7.80. The highest BCUT2D eigenvalue weighted by molar-refractivity contribution is 5.94. The van der Waals surface area contributed by atoms with Crippen LogP contribution in [0.15, 0.2) is 36.5 Å². The van der Waals surface area contributed by atoms with Gasteiger partial charge in [-0.2, -0.15) is 5.10 Å². The molecule has 0 spiro atoms. The van der Waals surface area contributed by atoms with E-state index in [9.17, 15) is 4.79 Å². The van der Waals surface area contributed by atoms with Gasteiger partial charge in [-0.05, 0) is 37.6 Å². The molecule has 1 fully saturated rings. The number of rotatable bonds is 5. The Hall–Kier alpha value is -2.18. The fourth-order valence-electron chi connectivity index (χ4n) is 3.44. The molecule has 6 nitrogen and oxygen atoms in total. The Morgan fingerprint density at radius 3 is 3.00 bits per heavy atom. The molecule has 0 aliphatic carbocycles. The van der Waals surface area contributed by atoms with Gasteiger partial charge in [-0.3, -0.25) is 14.4 Å². The van der Waals surface area contributed by atoms with E-state index in [1.165, 1.54) is 11.3 Å². The first-order valence-corrected chi connectivity index (χ1v) is 8.89. The largest absolute Gasteiger partial charge is 0.355 e. The number of nitrogens with zero attached hydrogens (tertiary/aromatic N) is 3. The standard InChI is InChI=1S/C19H27N5O/c1-14(2)24-17(7-8-22-24)13-23-10-9-21-12-18(23)15-5-4-6-16(11-15)19(25)20-3/h4-8,11,14,18,21H,9-10,12-13H2,1-3H3,(H,20,25). The summed E-state index contributed by atoms with van der Waals surface area (Å²) in [6, 6.07) is 10.6. The molecule has 3 rings (SSSR count). The molecule has 6 heteroatoms. The van der Waals surface area contributed by atoms with E-state index in [4.69, 9.17) is 0 Å². The topological polar surface area (TPSA) is 62.2 Å². The molecule has 1 aliphatic rings. The normalized spacial score (nSPS) is 18.5. The summed E-state index contributed by atoms with van der Waals surface area (Å²) in [6.07, 6.45) is 1.87. The average Bonchev–Trinajstić information content (AvgIpc) is 3.10. The van der Waals surface area contributed by atoms with Crippen LogP contribution >= 0.6 is 0 Å². The number of hydrogen-bond acceptors (Lipinski definition) is 4. The quantitative estimate of drug-likeness (QED) is 0.873. The van der Waals surface area contributed by atoms with Gasteiger partial charge in [-0.25, -0.2) is 0 Å². The number of nitrogens with one attached hydrogen (secondary N) is 2. The number of carbonyl (C=O) groups is 1. The van der Waals surface area contributed by atoms with Crippen LogP contribution in [-0.4, -0.2) is 47.3 Å². The highest BCUT2D eigenvalue weighted by Gasteiger charge is 2.25. The Morgan fingerprint density at radius 1 is 1.40 bits per heavy atom. The van der Waals surface area contributed by atoms with Crippen LogP contribution in [0.4, 0.5) is 0 Å². The summed E-state index contributed by atoms with van der Waals surface area (Å²) in [4.78, 5) is 14.4. The van der Waals surface area contributed by atoms with Gasteiger partial charge in [0.25, 0.3) is 5.91 Å². The Kier molecular flexibility index (Phi) is 5.50. The van der Waals surface area contributed by atoms with E-state index in [1.807, 2.05) is 24.4 Å². The summed E-state index contributed by atoms with van der Waals surface area (Å²) in [5, 5.41) is 10.6. The minimum atomic E-state index is -0.0462. The molecule has 25 heavy (non-hydrogen) atoms. The van der Waals surface area contributed by atoms with Crippen molar-refractivity contribution in [3.8, 4) is 0 Å². The van der Waals surface area contributed by atoms with E-state index < -0.39 is 0 Å². The lowest BCUT2D eigenvalue weighted by Crippen LogP contribution is -2.45. The molecule has 1 unspecified atom stereocenters. The van der Waals surface area contributed by atoms with E-state index in [-0.39, 0.29) is 11.9 Å². The zero-order valence-electron chi connectivity index (χ0n) is 15.2. The predicted octanol–water partition coefficient (Wildman–Crippen LogP) is 1.97. The van der Waals surface area contributed by atoms with E-state index in [0.717, 1.165) is 26.2 Å². The summed E-state index contributed by atoms with van der Waals surface area (Å²) in [5.74, 6) is -0.0462. The number of amides is 1. The zero-order valence-corrected chi connectivity index (χ0v) is 15.2. The highest BCUT2D eigenvalue weighted by Crippen LogP contribution is 2.25. The average molecular weight is 341 g/mol.